The Kier molecular flexibility index (Phi) is 11.0. The van der Waals surface area contributed by atoms with E-state index in [0.29, 0.717) is 0 Å². The molecule has 208 valence electrons. The van der Waals surface area contributed by atoms with Gasteiger partial charge < -0.3 is 18.9 Å². The maximum Gasteiger partial charge on any atom is 0.126 e. The number of aryl methyl sites for hydroxylation is 2. The zero-order valence-corrected chi connectivity index (χ0v) is 24.5. The van der Waals surface area contributed by atoms with Crippen LogP contribution in [-0.2, 0) is 12.8 Å². The van der Waals surface area contributed by atoms with Gasteiger partial charge in [-0.2, -0.15) is 0 Å². The Morgan fingerprint density at radius 3 is 1.65 bits per heavy atom. The third-order valence-corrected chi connectivity index (χ3v) is 6.66. The summed E-state index contributed by atoms with van der Waals surface area (Å²) < 4.78 is 21.6. The zero-order chi connectivity index (χ0) is 29.1. The first-order valence-electron chi connectivity index (χ1n) is 13.2. The monoisotopic (exact) mass is 536 g/mol. The van der Waals surface area contributed by atoms with Gasteiger partial charge in [0.2, 0.25) is 0 Å². The van der Waals surface area contributed by atoms with Crippen molar-refractivity contribution in [3.05, 3.63) is 120 Å². The van der Waals surface area contributed by atoms with Crippen LogP contribution in [0.1, 0.15) is 22.3 Å². The van der Waals surface area contributed by atoms with Crippen molar-refractivity contribution in [1.29, 1.82) is 0 Å². The van der Waals surface area contributed by atoms with Gasteiger partial charge in [-0.05, 0) is 103 Å². The molecule has 4 heteroatoms. The average Bonchev–Trinajstić information content (AvgIpc) is 2.97. The highest BCUT2D eigenvalue weighted by molar-refractivity contribution is 5.73. The average molecular weight is 537 g/mol. The molecule has 0 bridgehead atoms. The van der Waals surface area contributed by atoms with Crippen molar-refractivity contribution < 1.29 is 18.9 Å². The fourth-order valence-corrected chi connectivity index (χ4v) is 4.63. The van der Waals surface area contributed by atoms with E-state index in [1.54, 1.807) is 28.4 Å². The zero-order valence-electron chi connectivity index (χ0n) is 24.5. The van der Waals surface area contributed by atoms with Gasteiger partial charge >= 0.3 is 0 Å². The van der Waals surface area contributed by atoms with Gasteiger partial charge in [-0.1, -0.05) is 42.0 Å². The van der Waals surface area contributed by atoms with Crippen LogP contribution in [-0.4, -0.2) is 28.4 Å². The van der Waals surface area contributed by atoms with Crippen molar-refractivity contribution in [3.63, 3.8) is 0 Å². The first-order valence-corrected chi connectivity index (χ1v) is 13.2. The number of ether oxygens (including phenoxy) is 4. The molecule has 0 heterocycles. The molecule has 0 aliphatic rings. The van der Waals surface area contributed by atoms with Crippen molar-refractivity contribution in [2.45, 2.75) is 26.7 Å². The second-order valence-electron chi connectivity index (χ2n) is 9.43. The summed E-state index contributed by atoms with van der Waals surface area (Å²) in [5.41, 5.74) is 9.13. The Bertz CT molecular complexity index is 1450. The van der Waals surface area contributed by atoms with Gasteiger partial charge in [0.15, 0.2) is 0 Å². The van der Waals surface area contributed by atoms with Crippen LogP contribution < -0.4 is 18.9 Å². The molecule has 0 amide bonds. The first-order chi connectivity index (χ1) is 19.4. The third kappa shape index (κ3) is 7.35. The predicted octanol–water partition coefficient (Wildman–Crippen LogP) is 8.82. The molecule has 0 aliphatic carbocycles. The number of hydrogen-bond acceptors (Lipinski definition) is 4. The van der Waals surface area contributed by atoms with E-state index in [-0.39, 0.29) is 0 Å². The second kappa shape index (κ2) is 14.6. The molecule has 4 nitrogen and oxygen atoms in total. The Hall–Kier alpha value is -4.44. The summed E-state index contributed by atoms with van der Waals surface area (Å²) in [7, 11) is 6.77. The van der Waals surface area contributed by atoms with Crippen molar-refractivity contribution in [3.8, 4) is 45.3 Å². The number of allylic oxidation sites excluding steroid dienone is 2. The standard InChI is InChI=1S/C20H22O2.C16H18O2/c1-5-7-15-9-11-20(22-4)18(13-15)16-10-12-19(21-3)17(14-16)8-6-2;1-11-5-7-16(18-4)14(9-11)13-6-8-15(17-3)12(2)10-13/h5-6,9-14H,1-2,7-8H2,3-4H3;5-10H,1-4H3. The lowest BCUT2D eigenvalue weighted by Crippen LogP contribution is -1.94. The highest BCUT2D eigenvalue weighted by Gasteiger charge is 2.11. The largest absolute Gasteiger partial charge is 0.496 e. The highest BCUT2D eigenvalue weighted by Crippen LogP contribution is 2.35. The molecule has 0 radical (unpaired) electrons. The van der Waals surface area contributed by atoms with Gasteiger partial charge in [-0.15, -0.1) is 13.2 Å². The molecule has 0 saturated carbocycles. The number of hydrogen-bond donors (Lipinski definition) is 0. The van der Waals surface area contributed by atoms with Crippen LogP contribution in [0, 0.1) is 13.8 Å². The summed E-state index contributed by atoms with van der Waals surface area (Å²) in [6.07, 6.45) is 5.40. The predicted molar refractivity (Wildman–Crippen MR) is 167 cm³/mol. The van der Waals surface area contributed by atoms with E-state index in [2.05, 4.69) is 68.6 Å². The quantitative estimate of drug-likeness (QED) is 0.190. The van der Waals surface area contributed by atoms with E-state index in [1.165, 1.54) is 11.1 Å². The smallest absolute Gasteiger partial charge is 0.126 e. The van der Waals surface area contributed by atoms with Crippen LogP contribution in [0.2, 0.25) is 0 Å². The lowest BCUT2D eigenvalue weighted by Gasteiger charge is -2.13. The molecule has 4 rings (SSSR count). The molecular weight excluding hydrogens is 496 g/mol. The number of rotatable bonds is 10. The lowest BCUT2D eigenvalue weighted by molar-refractivity contribution is 0.410. The van der Waals surface area contributed by atoms with Crippen LogP contribution in [0.5, 0.6) is 23.0 Å². The molecule has 40 heavy (non-hydrogen) atoms. The van der Waals surface area contributed by atoms with Gasteiger partial charge in [0.05, 0.1) is 28.4 Å². The Balaban J connectivity index is 0.000000225. The molecule has 0 atom stereocenters. The van der Waals surface area contributed by atoms with Gasteiger partial charge in [-0.25, -0.2) is 0 Å². The maximum atomic E-state index is 5.51. The van der Waals surface area contributed by atoms with E-state index in [4.69, 9.17) is 18.9 Å². The van der Waals surface area contributed by atoms with E-state index in [0.717, 1.165) is 69.2 Å². The van der Waals surface area contributed by atoms with E-state index < -0.39 is 0 Å². The summed E-state index contributed by atoms with van der Waals surface area (Å²) >= 11 is 0. The van der Waals surface area contributed by atoms with E-state index in [9.17, 15) is 0 Å². The van der Waals surface area contributed by atoms with Crippen LogP contribution >= 0.6 is 0 Å². The van der Waals surface area contributed by atoms with Crippen LogP contribution in [0.4, 0.5) is 0 Å². The normalized spacial score (nSPS) is 10.2. The molecule has 0 aliphatic heterocycles. The molecule has 0 N–H and O–H groups in total. The van der Waals surface area contributed by atoms with Crippen molar-refractivity contribution in [2.24, 2.45) is 0 Å². The van der Waals surface area contributed by atoms with Crippen molar-refractivity contribution >= 4 is 0 Å². The molecular formula is C36H40O4. The number of benzene rings is 4. The molecule has 0 spiro atoms. The first kappa shape index (κ1) is 30.1. The summed E-state index contributed by atoms with van der Waals surface area (Å²) in [5, 5.41) is 0. The molecule has 0 aromatic heterocycles. The van der Waals surface area contributed by atoms with Crippen molar-refractivity contribution in [1.82, 2.24) is 0 Å². The van der Waals surface area contributed by atoms with Gasteiger partial charge in [0, 0.05) is 11.1 Å². The van der Waals surface area contributed by atoms with Gasteiger partial charge in [0.1, 0.15) is 23.0 Å². The molecule has 0 fully saturated rings. The van der Waals surface area contributed by atoms with Crippen LogP contribution in [0.15, 0.2) is 98.1 Å². The van der Waals surface area contributed by atoms with Crippen LogP contribution in [0.25, 0.3) is 22.3 Å². The second-order valence-corrected chi connectivity index (χ2v) is 9.43. The van der Waals surface area contributed by atoms with Crippen molar-refractivity contribution in [2.75, 3.05) is 28.4 Å². The van der Waals surface area contributed by atoms with E-state index in [1.807, 2.05) is 43.3 Å². The minimum atomic E-state index is 0.770. The summed E-state index contributed by atoms with van der Waals surface area (Å²) in [6, 6.07) is 24.8. The Morgan fingerprint density at radius 2 is 1.07 bits per heavy atom. The Morgan fingerprint density at radius 1 is 0.550 bits per heavy atom. The van der Waals surface area contributed by atoms with Crippen LogP contribution in [0.3, 0.4) is 0 Å². The minimum Gasteiger partial charge on any atom is -0.496 e. The van der Waals surface area contributed by atoms with Gasteiger partial charge in [-0.3, -0.25) is 0 Å². The topological polar surface area (TPSA) is 36.9 Å². The maximum absolute atomic E-state index is 5.51. The molecule has 4 aromatic rings. The highest BCUT2D eigenvalue weighted by atomic mass is 16.5. The fraction of sp³-hybridized carbons (Fsp3) is 0.222. The summed E-state index contributed by atoms with van der Waals surface area (Å²) in [4.78, 5) is 0. The van der Waals surface area contributed by atoms with Gasteiger partial charge in [0.25, 0.3) is 0 Å². The number of methoxy groups -OCH3 is 4. The molecule has 0 saturated heterocycles. The minimum absolute atomic E-state index is 0.770. The fourth-order valence-electron chi connectivity index (χ4n) is 4.63. The lowest BCUT2D eigenvalue weighted by atomic mass is 9.97. The Labute approximate surface area is 239 Å². The van der Waals surface area contributed by atoms with E-state index >= 15 is 0 Å². The SMILES string of the molecule is C=CCc1ccc(OC)c(-c2ccc(OC)c(CC=C)c2)c1.COc1ccc(-c2cc(C)ccc2OC)cc1C. The molecule has 0 unspecified atom stereocenters. The summed E-state index contributed by atoms with van der Waals surface area (Å²) in [6.45, 7) is 11.7. The molecule has 4 aromatic carbocycles. The third-order valence-electron chi connectivity index (χ3n) is 6.66. The summed E-state index contributed by atoms with van der Waals surface area (Å²) in [5.74, 6) is 3.54.